The number of carbonyl (C=O) groups excluding carboxylic acids is 1. The van der Waals surface area contributed by atoms with Gasteiger partial charge in [0.25, 0.3) is 0 Å². The average molecular weight is 459 g/mol. The number of amides is 1. The van der Waals surface area contributed by atoms with Crippen LogP contribution in [0, 0.1) is 13.8 Å². The number of sulfonamides is 1. The summed E-state index contributed by atoms with van der Waals surface area (Å²) in [5.41, 5.74) is 4.16. The van der Waals surface area contributed by atoms with Crippen LogP contribution in [0.2, 0.25) is 0 Å². The van der Waals surface area contributed by atoms with Gasteiger partial charge >= 0.3 is 0 Å². The van der Waals surface area contributed by atoms with E-state index in [2.05, 4.69) is 11.4 Å². The fourth-order valence-electron chi connectivity index (χ4n) is 4.32. The Kier molecular flexibility index (Phi) is 7.96. The molecule has 0 spiro atoms. The summed E-state index contributed by atoms with van der Waals surface area (Å²) in [6.45, 7) is 7.18. The maximum Gasteiger partial charge on any atom is 0.243 e. The molecule has 32 heavy (non-hydrogen) atoms. The largest absolute Gasteiger partial charge is 0.496 e. The minimum absolute atomic E-state index is 0.0798. The van der Waals surface area contributed by atoms with Crippen molar-refractivity contribution in [3.05, 3.63) is 58.7 Å². The lowest BCUT2D eigenvalue weighted by Crippen LogP contribution is -2.35. The first-order chi connectivity index (χ1) is 15.2. The number of methoxy groups -OCH3 is 1. The van der Waals surface area contributed by atoms with E-state index in [1.165, 1.54) is 5.56 Å². The second-order valence-electron chi connectivity index (χ2n) is 8.59. The Morgan fingerprint density at radius 2 is 1.81 bits per heavy atom. The Bertz CT molecular complexity index is 1060. The van der Waals surface area contributed by atoms with Gasteiger partial charge in [-0.2, -0.15) is 4.31 Å². The Morgan fingerprint density at radius 3 is 2.47 bits per heavy atom. The van der Waals surface area contributed by atoms with Gasteiger partial charge in [-0.15, -0.1) is 0 Å². The molecule has 1 aliphatic rings. The van der Waals surface area contributed by atoms with Gasteiger partial charge in [0.1, 0.15) is 5.75 Å². The third-order valence-electron chi connectivity index (χ3n) is 6.10. The number of piperidine rings is 1. The maximum atomic E-state index is 13.0. The van der Waals surface area contributed by atoms with E-state index in [-0.39, 0.29) is 23.3 Å². The summed E-state index contributed by atoms with van der Waals surface area (Å²) in [6, 6.07) is 11.0. The van der Waals surface area contributed by atoms with Gasteiger partial charge in [0, 0.05) is 19.5 Å². The van der Waals surface area contributed by atoms with E-state index in [9.17, 15) is 13.2 Å². The Hall–Kier alpha value is -2.38. The zero-order chi connectivity index (χ0) is 23.3. The first-order valence-electron chi connectivity index (χ1n) is 11.3. The van der Waals surface area contributed by atoms with E-state index in [1.54, 1.807) is 29.6 Å². The average Bonchev–Trinajstić information content (AvgIpc) is 2.77. The van der Waals surface area contributed by atoms with Gasteiger partial charge in [0.15, 0.2) is 0 Å². The molecule has 6 nitrogen and oxygen atoms in total. The van der Waals surface area contributed by atoms with Crippen molar-refractivity contribution in [2.24, 2.45) is 0 Å². The molecule has 174 valence electrons. The Labute approximate surface area is 192 Å². The summed E-state index contributed by atoms with van der Waals surface area (Å²) >= 11 is 0. The van der Waals surface area contributed by atoms with Crippen molar-refractivity contribution in [2.75, 3.05) is 20.2 Å². The normalized spacial score (nSPS) is 15.9. The molecule has 0 unspecified atom stereocenters. The van der Waals surface area contributed by atoms with Gasteiger partial charge in [-0.25, -0.2) is 8.42 Å². The third-order valence-corrected chi connectivity index (χ3v) is 7.99. The number of rotatable bonds is 8. The lowest BCUT2D eigenvalue weighted by Gasteiger charge is -2.26. The fourth-order valence-corrected chi connectivity index (χ4v) is 5.88. The predicted molar refractivity (Wildman–Crippen MR) is 126 cm³/mol. The van der Waals surface area contributed by atoms with Crippen LogP contribution in [-0.4, -0.2) is 38.8 Å². The van der Waals surface area contributed by atoms with Crippen LogP contribution in [0.25, 0.3) is 0 Å². The summed E-state index contributed by atoms with van der Waals surface area (Å²) in [5, 5.41) is 3.05. The van der Waals surface area contributed by atoms with Crippen molar-refractivity contribution < 1.29 is 17.9 Å². The molecule has 0 saturated carbocycles. The smallest absolute Gasteiger partial charge is 0.243 e. The molecule has 0 aliphatic carbocycles. The highest BCUT2D eigenvalue weighted by Gasteiger charge is 2.26. The van der Waals surface area contributed by atoms with E-state index in [0.717, 1.165) is 36.0 Å². The number of nitrogens with zero attached hydrogens (tertiary/aromatic N) is 1. The number of hydrogen-bond acceptors (Lipinski definition) is 4. The molecular weight excluding hydrogens is 424 g/mol. The predicted octanol–water partition coefficient (Wildman–Crippen LogP) is 4.30. The maximum absolute atomic E-state index is 13.0. The van der Waals surface area contributed by atoms with Crippen LogP contribution in [-0.2, 0) is 21.2 Å². The van der Waals surface area contributed by atoms with E-state index < -0.39 is 10.0 Å². The number of ether oxygens (including phenoxy) is 1. The molecule has 1 N–H and O–H groups in total. The molecular formula is C25H34N2O4S. The number of nitrogens with one attached hydrogen (secondary N) is 1. The van der Waals surface area contributed by atoms with E-state index in [0.29, 0.717) is 25.3 Å². The number of benzene rings is 2. The highest BCUT2D eigenvalue weighted by atomic mass is 32.2. The van der Waals surface area contributed by atoms with Gasteiger partial charge in [0.05, 0.1) is 18.0 Å². The zero-order valence-corrected chi connectivity index (χ0v) is 20.3. The molecule has 1 heterocycles. The second-order valence-corrected chi connectivity index (χ2v) is 10.5. The van der Waals surface area contributed by atoms with Crippen molar-refractivity contribution >= 4 is 15.9 Å². The molecule has 2 aromatic rings. The van der Waals surface area contributed by atoms with Crippen LogP contribution in [0.4, 0.5) is 0 Å². The Morgan fingerprint density at radius 1 is 1.09 bits per heavy atom. The molecule has 1 amide bonds. The molecule has 3 rings (SSSR count). The highest BCUT2D eigenvalue weighted by molar-refractivity contribution is 7.89. The van der Waals surface area contributed by atoms with Crippen LogP contribution in [0.15, 0.2) is 41.3 Å². The van der Waals surface area contributed by atoms with Crippen molar-refractivity contribution in [2.45, 2.75) is 63.8 Å². The topological polar surface area (TPSA) is 75.7 Å². The van der Waals surface area contributed by atoms with Gasteiger partial charge in [-0.1, -0.05) is 30.2 Å². The minimum atomic E-state index is -3.53. The van der Waals surface area contributed by atoms with Gasteiger partial charge in [-0.05, 0) is 74.9 Å². The second kappa shape index (κ2) is 10.5. The molecule has 1 fully saturated rings. The molecule has 1 saturated heterocycles. The van der Waals surface area contributed by atoms with E-state index in [4.69, 9.17) is 4.74 Å². The van der Waals surface area contributed by atoms with Crippen molar-refractivity contribution in [3.8, 4) is 5.75 Å². The lowest BCUT2D eigenvalue weighted by atomic mass is 10.00. The van der Waals surface area contributed by atoms with Crippen molar-refractivity contribution in [3.63, 3.8) is 0 Å². The minimum Gasteiger partial charge on any atom is -0.496 e. The zero-order valence-electron chi connectivity index (χ0n) is 19.5. The number of hydrogen-bond donors (Lipinski definition) is 1. The van der Waals surface area contributed by atoms with Crippen LogP contribution in [0.1, 0.15) is 60.9 Å². The first kappa shape index (κ1) is 24.3. The monoisotopic (exact) mass is 458 g/mol. The standard InChI is InChI=1S/C25H34N2O4S/c1-18-8-11-23(19(2)16-18)20(3)26-25(28)13-9-21-17-22(10-12-24(21)31-4)32(29,30)27-14-6-5-7-15-27/h8,10-12,16-17,20H,5-7,9,13-15H2,1-4H3,(H,26,28)/t20-/m0/s1. The molecule has 0 aromatic heterocycles. The molecule has 7 heteroatoms. The molecule has 0 bridgehead atoms. The van der Waals surface area contributed by atoms with Crippen LogP contribution in [0.5, 0.6) is 5.75 Å². The fraction of sp³-hybridized carbons (Fsp3) is 0.480. The lowest BCUT2D eigenvalue weighted by molar-refractivity contribution is -0.121. The summed E-state index contributed by atoms with van der Waals surface area (Å²) in [6.07, 6.45) is 3.49. The van der Waals surface area contributed by atoms with Gasteiger partial charge in [0.2, 0.25) is 15.9 Å². The van der Waals surface area contributed by atoms with Crippen LogP contribution < -0.4 is 10.1 Å². The Balaban J connectivity index is 1.69. The molecule has 1 aliphatic heterocycles. The van der Waals surface area contributed by atoms with E-state index >= 15 is 0 Å². The van der Waals surface area contributed by atoms with Crippen molar-refractivity contribution in [1.82, 2.24) is 9.62 Å². The first-order valence-corrected chi connectivity index (χ1v) is 12.7. The summed E-state index contributed by atoms with van der Waals surface area (Å²) < 4.78 is 33.1. The van der Waals surface area contributed by atoms with Crippen LogP contribution in [0.3, 0.4) is 0 Å². The molecule has 0 radical (unpaired) electrons. The number of carbonyl (C=O) groups is 1. The molecule has 2 aromatic carbocycles. The summed E-state index contributed by atoms with van der Waals surface area (Å²) in [7, 11) is -1.98. The molecule has 1 atom stereocenters. The number of aryl methyl sites for hydroxylation is 3. The summed E-state index contributed by atoms with van der Waals surface area (Å²) in [4.78, 5) is 12.9. The SMILES string of the molecule is COc1ccc(S(=O)(=O)N2CCCCC2)cc1CCC(=O)N[C@@H](C)c1ccc(C)cc1C. The van der Waals surface area contributed by atoms with Crippen molar-refractivity contribution in [1.29, 1.82) is 0 Å². The van der Waals surface area contributed by atoms with E-state index in [1.807, 2.05) is 32.9 Å². The van der Waals surface area contributed by atoms with Gasteiger partial charge in [-0.3, -0.25) is 4.79 Å². The third kappa shape index (κ3) is 5.70. The highest BCUT2D eigenvalue weighted by Crippen LogP contribution is 2.27. The summed E-state index contributed by atoms with van der Waals surface area (Å²) in [5.74, 6) is 0.515. The van der Waals surface area contributed by atoms with Gasteiger partial charge < -0.3 is 10.1 Å². The van der Waals surface area contributed by atoms with Crippen LogP contribution >= 0.6 is 0 Å². The quantitative estimate of drug-likeness (QED) is 0.640.